The van der Waals surface area contributed by atoms with Crippen molar-refractivity contribution in [2.75, 3.05) is 18.9 Å². The molecule has 4 heteroatoms. The molecule has 0 radical (unpaired) electrons. The molecule has 3 nitrogen and oxygen atoms in total. The van der Waals surface area contributed by atoms with Gasteiger partial charge in [-0.2, -0.15) is 0 Å². The topological polar surface area (TPSA) is 49.3 Å². The minimum atomic E-state index is 0.0603. The van der Waals surface area contributed by atoms with E-state index in [9.17, 15) is 4.79 Å². The van der Waals surface area contributed by atoms with Gasteiger partial charge in [0.15, 0.2) is 0 Å². The maximum absolute atomic E-state index is 11.6. The van der Waals surface area contributed by atoms with Gasteiger partial charge < -0.3 is 10.4 Å². The first-order valence-corrected chi connectivity index (χ1v) is 7.16. The molecular weight excluding hydrogens is 234 g/mol. The standard InChI is InChI=1S/C13H27NO2S/c1-12(2,3)17-9-11(16)14-10-13(4,5)7-6-8-15/h15H,6-10H2,1-5H3,(H,14,16). The number of carbonyl (C=O) groups is 1. The van der Waals surface area contributed by atoms with Crippen molar-refractivity contribution in [3.8, 4) is 0 Å². The number of amides is 1. The van der Waals surface area contributed by atoms with Gasteiger partial charge in [0.2, 0.25) is 5.91 Å². The average molecular weight is 261 g/mol. The van der Waals surface area contributed by atoms with Crippen LogP contribution in [0.25, 0.3) is 0 Å². The number of rotatable bonds is 7. The largest absolute Gasteiger partial charge is 0.396 e. The monoisotopic (exact) mass is 261 g/mol. The molecule has 0 aromatic heterocycles. The zero-order chi connectivity index (χ0) is 13.5. The second kappa shape index (κ2) is 7.27. The summed E-state index contributed by atoms with van der Waals surface area (Å²) in [5, 5.41) is 11.8. The predicted molar refractivity (Wildman–Crippen MR) is 75.3 cm³/mol. The van der Waals surface area contributed by atoms with Crippen LogP contribution >= 0.6 is 11.8 Å². The Kier molecular flexibility index (Phi) is 7.17. The number of aliphatic hydroxyl groups is 1. The molecule has 17 heavy (non-hydrogen) atoms. The van der Waals surface area contributed by atoms with E-state index in [0.717, 1.165) is 12.8 Å². The molecule has 0 heterocycles. The van der Waals surface area contributed by atoms with E-state index in [1.54, 1.807) is 11.8 Å². The summed E-state index contributed by atoms with van der Waals surface area (Å²) in [6.45, 7) is 11.4. The van der Waals surface area contributed by atoms with Gasteiger partial charge in [0.1, 0.15) is 0 Å². The lowest BCUT2D eigenvalue weighted by molar-refractivity contribution is -0.119. The molecule has 0 spiro atoms. The molecule has 0 saturated heterocycles. The first-order valence-electron chi connectivity index (χ1n) is 6.18. The minimum absolute atomic E-state index is 0.0603. The van der Waals surface area contributed by atoms with Crippen molar-refractivity contribution < 1.29 is 9.90 Å². The molecule has 0 rings (SSSR count). The van der Waals surface area contributed by atoms with Crippen LogP contribution in [0.15, 0.2) is 0 Å². The van der Waals surface area contributed by atoms with Gasteiger partial charge >= 0.3 is 0 Å². The van der Waals surface area contributed by atoms with Gasteiger partial charge in [-0.3, -0.25) is 4.79 Å². The summed E-state index contributed by atoms with van der Waals surface area (Å²) < 4.78 is 0.129. The number of hydrogen-bond acceptors (Lipinski definition) is 3. The van der Waals surface area contributed by atoms with Gasteiger partial charge in [0, 0.05) is 17.9 Å². The van der Waals surface area contributed by atoms with E-state index in [2.05, 4.69) is 39.9 Å². The number of thioether (sulfide) groups is 1. The lowest BCUT2D eigenvalue weighted by atomic mass is 9.88. The lowest BCUT2D eigenvalue weighted by Crippen LogP contribution is -2.35. The smallest absolute Gasteiger partial charge is 0.230 e. The van der Waals surface area contributed by atoms with E-state index in [1.807, 2.05) is 0 Å². The first-order chi connectivity index (χ1) is 7.66. The second-order valence-electron chi connectivity index (χ2n) is 6.17. The summed E-state index contributed by atoms with van der Waals surface area (Å²) in [5.74, 6) is 0.613. The van der Waals surface area contributed by atoms with Crippen LogP contribution in [-0.2, 0) is 4.79 Å². The molecular formula is C13H27NO2S. The van der Waals surface area contributed by atoms with Crippen molar-refractivity contribution in [2.45, 2.75) is 52.2 Å². The third-order valence-corrected chi connectivity index (χ3v) is 3.68. The molecule has 102 valence electrons. The maximum atomic E-state index is 11.6. The summed E-state index contributed by atoms with van der Waals surface area (Å²) in [5.41, 5.74) is 0.0603. The Labute approximate surface area is 110 Å². The van der Waals surface area contributed by atoms with E-state index >= 15 is 0 Å². The van der Waals surface area contributed by atoms with Crippen LogP contribution in [0.3, 0.4) is 0 Å². The highest BCUT2D eigenvalue weighted by molar-refractivity contribution is 8.01. The zero-order valence-electron chi connectivity index (χ0n) is 11.8. The fourth-order valence-corrected chi connectivity index (χ4v) is 1.98. The van der Waals surface area contributed by atoms with Crippen LogP contribution in [0, 0.1) is 5.41 Å². The molecule has 0 aliphatic heterocycles. The first kappa shape index (κ1) is 16.8. The molecule has 0 aliphatic carbocycles. The van der Waals surface area contributed by atoms with E-state index in [1.165, 1.54) is 0 Å². The van der Waals surface area contributed by atoms with Crippen LogP contribution < -0.4 is 5.32 Å². The van der Waals surface area contributed by atoms with Crippen LogP contribution in [0.1, 0.15) is 47.5 Å². The molecule has 0 aromatic rings. The summed E-state index contributed by atoms with van der Waals surface area (Å²) in [7, 11) is 0. The Bertz CT molecular complexity index is 234. The third kappa shape index (κ3) is 10.6. The van der Waals surface area contributed by atoms with E-state index in [0.29, 0.717) is 12.3 Å². The highest BCUT2D eigenvalue weighted by Gasteiger charge is 2.19. The minimum Gasteiger partial charge on any atom is -0.396 e. The van der Waals surface area contributed by atoms with Crippen molar-refractivity contribution in [3.63, 3.8) is 0 Å². The number of nitrogens with one attached hydrogen (secondary N) is 1. The summed E-state index contributed by atoms with van der Waals surface area (Å²) in [4.78, 5) is 11.6. The molecule has 0 aliphatic rings. The Morgan fingerprint density at radius 2 is 1.82 bits per heavy atom. The molecule has 0 fully saturated rings. The van der Waals surface area contributed by atoms with Crippen molar-refractivity contribution >= 4 is 17.7 Å². The Hall–Kier alpha value is -0.220. The molecule has 2 N–H and O–H groups in total. The van der Waals surface area contributed by atoms with Gasteiger partial charge in [-0.05, 0) is 18.3 Å². The van der Waals surface area contributed by atoms with Crippen molar-refractivity contribution in [1.29, 1.82) is 0 Å². The molecule has 1 amide bonds. The Morgan fingerprint density at radius 3 is 2.29 bits per heavy atom. The molecule has 0 bridgehead atoms. The van der Waals surface area contributed by atoms with E-state index in [4.69, 9.17) is 5.11 Å². The molecule has 0 unspecified atom stereocenters. The van der Waals surface area contributed by atoms with Crippen LogP contribution in [0.4, 0.5) is 0 Å². The summed E-state index contributed by atoms with van der Waals surface area (Å²) in [6, 6.07) is 0. The molecule has 0 atom stereocenters. The fourth-order valence-electron chi connectivity index (χ4n) is 1.32. The Balaban J connectivity index is 3.83. The van der Waals surface area contributed by atoms with Crippen molar-refractivity contribution in [2.24, 2.45) is 5.41 Å². The molecule has 0 saturated carbocycles. The third-order valence-electron chi connectivity index (χ3n) is 2.41. The van der Waals surface area contributed by atoms with Crippen LogP contribution in [0.5, 0.6) is 0 Å². The quantitative estimate of drug-likeness (QED) is 0.740. The van der Waals surface area contributed by atoms with Gasteiger partial charge in [0.25, 0.3) is 0 Å². The van der Waals surface area contributed by atoms with Crippen LogP contribution in [0.2, 0.25) is 0 Å². The Morgan fingerprint density at radius 1 is 1.24 bits per heavy atom. The van der Waals surface area contributed by atoms with Gasteiger partial charge in [0.05, 0.1) is 5.75 Å². The normalized spacial score (nSPS) is 12.6. The lowest BCUT2D eigenvalue weighted by Gasteiger charge is -2.25. The average Bonchev–Trinajstić information content (AvgIpc) is 2.20. The van der Waals surface area contributed by atoms with E-state index < -0.39 is 0 Å². The van der Waals surface area contributed by atoms with Crippen molar-refractivity contribution in [1.82, 2.24) is 5.32 Å². The zero-order valence-corrected chi connectivity index (χ0v) is 12.6. The summed E-state index contributed by atoms with van der Waals surface area (Å²) >= 11 is 1.66. The fraction of sp³-hybridized carbons (Fsp3) is 0.923. The van der Waals surface area contributed by atoms with Gasteiger partial charge in [-0.25, -0.2) is 0 Å². The maximum Gasteiger partial charge on any atom is 0.230 e. The molecule has 0 aromatic carbocycles. The summed E-state index contributed by atoms with van der Waals surface area (Å²) in [6.07, 6.45) is 1.72. The highest BCUT2D eigenvalue weighted by atomic mass is 32.2. The van der Waals surface area contributed by atoms with Crippen LogP contribution in [-0.4, -0.2) is 34.7 Å². The number of aliphatic hydroxyl groups excluding tert-OH is 1. The van der Waals surface area contributed by atoms with Gasteiger partial charge in [-0.1, -0.05) is 34.6 Å². The number of hydrogen-bond donors (Lipinski definition) is 2. The second-order valence-corrected chi connectivity index (χ2v) is 7.97. The highest BCUT2D eigenvalue weighted by Crippen LogP contribution is 2.23. The van der Waals surface area contributed by atoms with Crippen molar-refractivity contribution in [3.05, 3.63) is 0 Å². The van der Waals surface area contributed by atoms with E-state index in [-0.39, 0.29) is 22.7 Å². The predicted octanol–water partition coefficient (Wildman–Crippen LogP) is 2.43. The SMILES string of the molecule is CC(C)(CCCO)CNC(=O)CSC(C)(C)C. The van der Waals surface area contributed by atoms with Gasteiger partial charge in [-0.15, -0.1) is 11.8 Å². The number of carbonyl (C=O) groups excluding carboxylic acids is 1.